The van der Waals surface area contributed by atoms with Crippen molar-refractivity contribution < 1.29 is 24.2 Å². The Morgan fingerprint density at radius 3 is 2.20 bits per heavy atom. The van der Waals surface area contributed by atoms with Gasteiger partial charge in [-0.2, -0.15) is 0 Å². The molecule has 0 saturated heterocycles. The van der Waals surface area contributed by atoms with Crippen molar-refractivity contribution in [2.45, 2.75) is 72.3 Å². The van der Waals surface area contributed by atoms with Crippen molar-refractivity contribution in [1.82, 2.24) is 5.32 Å². The van der Waals surface area contributed by atoms with Crippen LogP contribution in [0.5, 0.6) is 0 Å². The predicted molar refractivity (Wildman–Crippen MR) is 138 cm³/mol. The molecule has 3 aromatic rings. The smallest absolute Gasteiger partial charge is 0.407 e. The van der Waals surface area contributed by atoms with Crippen molar-refractivity contribution in [2.24, 2.45) is 0 Å². The molecule has 0 bridgehead atoms. The molecule has 0 heterocycles. The molecule has 3 rings (SSSR count). The topological polar surface area (TPSA) is 84.9 Å². The van der Waals surface area contributed by atoms with Crippen molar-refractivity contribution in [2.75, 3.05) is 0 Å². The Morgan fingerprint density at radius 2 is 1.57 bits per heavy atom. The second-order valence-corrected chi connectivity index (χ2v) is 10.7. The number of fused-ring (bicyclic) bond motifs is 1. The molecule has 1 amide bonds. The number of benzene rings is 3. The van der Waals surface area contributed by atoms with Crippen molar-refractivity contribution in [3.05, 3.63) is 71.3 Å². The molecule has 0 aliphatic rings. The summed E-state index contributed by atoms with van der Waals surface area (Å²) in [7, 11) is 0. The summed E-state index contributed by atoms with van der Waals surface area (Å²) in [5.41, 5.74) is 2.62. The molecular formula is C29H35NO5. The number of carbonyl (C=O) groups excluding carboxylic acids is 1. The van der Waals surface area contributed by atoms with E-state index in [4.69, 9.17) is 9.47 Å². The first-order valence-corrected chi connectivity index (χ1v) is 11.7. The number of nitrogens with one attached hydrogen (secondary N) is 1. The van der Waals surface area contributed by atoms with Crippen LogP contribution in [-0.2, 0) is 20.8 Å². The first-order chi connectivity index (χ1) is 16.3. The highest BCUT2D eigenvalue weighted by atomic mass is 16.6. The van der Waals surface area contributed by atoms with Gasteiger partial charge >= 0.3 is 12.1 Å². The van der Waals surface area contributed by atoms with E-state index in [1.165, 1.54) is 0 Å². The number of carboxylic acids is 1. The van der Waals surface area contributed by atoms with Crippen LogP contribution in [0, 0.1) is 6.92 Å². The number of carbonyl (C=O) groups is 2. The van der Waals surface area contributed by atoms with Crippen LogP contribution in [-0.4, -0.2) is 28.4 Å². The summed E-state index contributed by atoms with van der Waals surface area (Å²) in [6, 6.07) is 17.6. The maximum atomic E-state index is 12.5. The monoisotopic (exact) mass is 477 g/mol. The molecular weight excluding hydrogens is 442 g/mol. The zero-order valence-corrected chi connectivity index (χ0v) is 21.6. The Hall–Kier alpha value is -3.38. The first-order valence-electron chi connectivity index (χ1n) is 11.7. The van der Waals surface area contributed by atoms with Gasteiger partial charge in [0, 0.05) is 12.1 Å². The van der Waals surface area contributed by atoms with E-state index in [0.29, 0.717) is 5.56 Å². The highest BCUT2D eigenvalue weighted by molar-refractivity contribution is 6.01. The van der Waals surface area contributed by atoms with Crippen LogP contribution < -0.4 is 5.32 Å². The van der Waals surface area contributed by atoms with Gasteiger partial charge in [-0.05, 0) is 81.5 Å². The Balaban J connectivity index is 2.21. The van der Waals surface area contributed by atoms with Crippen LogP contribution in [0.3, 0.4) is 0 Å². The predicted octanol–water partition coefficient (Wildman–Crippen LogP) is 6.78. The van der Waals surface area contributed by atoms with Gasteiger partial charge < -0.3 is 19.9 Å². The molecule has 6 nitrogen and oxygen atoms in total. The van der Waals surface area contributed by atoms with Gasteiger partial charge in [-0.25, -0.2) is 9.59 Å². The summed E-state index contributed by atoms with van der Waals surface area (Å²) in [5, 5.41) is 15.0. The number of aryl methyl sites for hydroxylation is 1. The number of rotatable bonds is 6. The third-order valence-corrected chi connectivity index (χ3v) is 5.36. The van der Waals surface area contributed by atoms with Crippen molar-refractivity contribution in [1.29, 1.82) is 0 Å². The summed E-state index contributed by atoms with van der Waals surface area (Å²) < 4.78 is 11.5. The largest absolute Gasteiger partial charge is 0.479 e. The minimum atomic E-state index is -1.17. The van der Waals surface area contributed by atoms with E-state index < -0.39 is 29.4 Å². The standard InChI is InChI=1S/C29H35NO5/c1-18-16-19-12-8-10-14-21(19)24(23(18)25(26(31)32)34-28(2,3)4)22-15-11-9-13-20(22)17-30-27(33)35-29(5,6)7/h8-16,25H,17H2,1-7H3,(H,30,33)(H,31,32)/t25-/m0/s1. The first kappa shape index (κ1) is 26.2. The van der Waals surface area contributed by atoms with Crippen molar-refractivity contribution in [3.63, 3.8) is 0 Å². The maximum absolute atomic E-state index is 12.5. The van der Waals surface area contributed by atoms with Gasteiger partial charge in [0.15, 0.2) is 6.10 Å². The molecule has 0 aliphatic carbocycles. The number of hydrogen-bond donors (Lipinski definition) is 2. The Bertz CT molecular complexity index is 1230. The van der Waals surface area contributed by atoms with E-state index in [1.54, 1.807) is 0 Å². The van der Waals surface area contributed by atoms with Gasteiger partial charge in [0.1, 0.15) is 5.60 Å². The highest BCUT2D eigenvalue weighted by Gasteiger charge is 2.32. The van der Waals surface area contributed by atoms with E-state index in [2.05, 4.69) is 5.32 Å². The summed E-state index contributed by atoms with van der Waals surface area (Å²) in [6.45, 7) is 13.1. The van der Waals surface area contributed by atoms with Crippen LogP contribution >= 0.6 is 0 Å². The van der Waals surface area contributed by atoms with Gasteiger partial charge in [0.2, 0.25) is 0 Å². The fourth-order valence-corrected chi connectivity index (χ4v) is 4.12. The van der Waals surface area contributed by atoms with Crippen LogP contribution in [0.25, 0.3) is 21.9 Å². The molecule has 2 N–H and O–H groups in total. The average molecular weight is 478 g/mol. The lowest BCUT2D eigenvalue weighted by molar-refractivity contribution is -0.160. The molecule has 0 aliphatic heterocycles. The number of amides is 1. The van der Waals surface area contributed by atoms with Gasteiger partial charge in [-0.1, -0.05) is 54.6 Å². The molecule has 0 spiro atoms. The molecule has 0 aromatic heterocycles. The second-order valence-electron chi connectivity index (χ2n) is 10.7. The molecule has 0 fully saturated rings. The quantitative estimate of drug-likeness (QED) is 0.409. The van der Waals surface area contributed by atoms with E-state index in [-0.39, 0.29) is 6.54 Å². The number of aliphatic carboxylic acids is 1. The Kier molecular flexibility index (Phi) is 7.56. The van der Waals surface area contributed by atoms with Gasteiger partial charge in [0.25, 0.3) is 0 Å². The third kappa shape index (κ3) is 6.61. The minimum absolute atomic E-state index is 0.227. The zero-order valence-electron chi connectivity index (χ0n) is 21.6. The summed E-state index contributed by atoms with van der Waals surface area (Å²) in [5.74, 6) is -1.05. The molecule has 0 radical (unpaired) electrons. The highest BCUT2D eigenvalue weighted by Crippen LogP contribution is 2.41. The maximum Gasteiger partial charge on any atom is 0.407 e. The van der Waals surface area contributed by atoms with Gasteiger partial charge in [0.05, 0.1) is 5.60 Å². The van der Waals surface area contributed by atoms with Gasteiger partial charge in [-0.3, -0.25) is 0 Å². The number of alkyl carbamates (subject to hydrolysis) is 1. The van der Waals surface area contributed by atoms with Crippen LogP contribution in [0.4, 0.5) is 4.79 Å². The van der Waals surface area contributed by atoms with E-state index in [1.807, 2.05) is 103 Å². The summed E-state index contributed by atoms with van der Waals surface area (Å²) in [6.07, 6.45) is -1.68. The molecule has 1 atom stereocenters. The molecule has 0 saturated carbocycles. The summed E-state index contributed by atoms with van der Waals surface area (Å²) >= 11 is 0. The van der Waals surface area contributed by atoms with E-state index >= 15 is 0 Å². The lowest BCUT2D eigenvalue weighted by atomic mass is 9.85. The SMILES string of the molecule is Cc1cc2ccccc2c(-c2ccccc2CNC(=O)OC(C)(C)C)c1[C@H](OC(C)(C)C)C(=O)O. The Morgan fingerprint density at radius 1 is 0.943 bits per heavy atom. The van der Waals surface area contributed by atoms with E-state index in [0.717, 1.165) is 33.0 Å². The lowest BCUT2D eigenvalue weighted by Crippen LogP contribution is -2.32. The number of hydrogen-bond acceptors (Lipinski definition) is 4. The van der Waals surface area contributed by atoms with Crippen molar-refractivity contribution >= 4 is 22.8 Å². The average Bonchev–Trinajstić information content (AvgIpc) is 2.73. The molecule has 3 aromatic carbocycles. The normalized spacial score (nSPS) is 12.9. The zero-order chi connectivity index (χ0) is 26.0. The molecule has 35 heavy (non-hydrogen) atoms. The minimum Gasteiger partial charge on any atom is -0.479 e. The van der Waals surface area contributed by atoms with Gasteiger partial charge in [-0.15, -0.1) is 0 Å². The summed E-state index contributed by atoms with van der Waals surface area (Å²) in [4.78, 5) is 24.8. The molecule has 0 unspecified atom stereocenters. The Labute approximate surface area is 207 Å². The van der Waals surface area contributed by atoms with Crippen LogP contribution in [0.1, 0.15) is 64.3 Å². The van der Waals surface area contributed by atoms with Crippen LogP contribution in [0.2, 0.25) is 0 Å². The van der Waals surface area contributed by atoms with Crippen LogP contribution in [0.15, 0.2) is 54.6 Å². The van der Waals surface area contributed by atoms with E-state index in [9.17, 15) is 14.7 Å². The molecule has 186 valence electrons. The lowest BCUT2D eigenvalue weighted by Gasteiger charge is -2.29. The third-order valence-electron chi connectivity index (χ3n) is 5.36. The fourth-order valence-electron chi connectivity index (χ4n) is 4.12. The second kappa shape index (κ2) is 10.1. The molecule has 6 heteroatoms. The number of ether oxygens (including phenoxy) is 2. The number of carboxylic acid groups (broad SMARTS) is 1. The fraction of sp³-hybridized carbons (Fsp3) is 0.379. The van der Waals surface area contributed by atoms with Crippen molar-refractivity contribution in [3.8, 4) is 11.1 Å².